The first-order valence-electron chi connectivity index (χ1n) is 7.06. The second-order valence-corrected chi connectivity index (χ2v) is 6.09. The third kappa shape index (κ3) is 4.60. The number of carbonyl (C=O) groups is 1. The molecule has 0 saturated heterocycles. The number of amides is 1. The van der Waals surface area contributed by atoms with Crippen LogP contribution in [0, 0.1) is 0 Å². The zero-order valence-corrected chi connectivity index (χ0v) is 13.1. The van der Waals surface area contributed by atoms with Crippen LogP contribution in [-0.2, 0) is 0 Å². The average Bonchev–Trinajstić information content (AvgIpc) is 3.02. The Morgan fingerprint density at radius 2 is 2.29 bits per heavy atom. The molecule has 0 fully saturated rings. The molecule has 0 aliphatic carbocycles. The molecule has 112 valence electrons. The fourth-order valence-corrected chi connectivity index (χ4v) is 2.66. The van der Waals surface area contributed by atoms with E-state index in [1.54, 1.807) is 23.1 Å². The molecule has 21 heavy (non-hydrogen) atoms. The molecule has 6 heteroatoms. The molecular formula is C15H20N4OS. The number of rotatable bonds is 7. The smallest absolute Gasteiger partial charge is 0.270 e. The second-order valence-electron chi connectivity index (χ2n) is 4.69. The molecule has 2 heterocycles. The summed E-state index contributed by atoms with van der Waals surface area (Å²) in [7, 11) is 0. The largest absolute Gasteiger partial charge is 0.348 e. The van der Waals surface area contributed by atoms with Gasteiger partial charge in [0.25, 0.3) is 5.91 Å². The molecule has 0 aliphatic rings. The minimum atomic E-state index is -0.141. The third-order valence-corrected chi connectivity index (χ3v) is 3.92. The molecule has 0 aliphatic heterocycles. The molecule has 2 aromatic heterocycles. The van der Waals surface area contributed by atoms with Gasteiger partial charge in [-0.05, 0) is 43.0 Å². The lowest BCUT2D eigenvalue weighted by Gasteiger charge is -2.13. The summed E-state index contributed by atoms with van der Waals surface area (Å²) in [5.74, 6) is 2.66. The van der Waals surface area contributed by atoms with Crippen LogP contribution in [-0.4, -0.2) is 38.2 Å². The van der Waals surface area contributed by atoms with Crippen molar-refractivity contribution < 1.29 is 4.79 Å². The van der Waals surface area contributed by atoms with Gasteiger partial charge in [0, 0.05) is 18.4 Å². The maximum atomic E-state index is 12.2. The highest BCUT2D eigenvalue weighted by Gasteiger charge is 2.12. The third-order valence-electron chi connectivity index (χ3n) is 2.98. The van der Waals surface area contributed by atoms with Gasteiger partial charge in [-0.1, -0.05) is 13.0 Å². The zero-order chi connectivity index (χ0) is 15.1. The van der Waals surface area contributed by atoms with E-state index in [0.717, 1.165) is 17.9 Å². The molecule has 5 nitrogen and oxygen atoms in total. The van der Waals surface area contributed by atoms with E-state index in [9.17, 15) is 4.79 Å². The summed E-state index contributed by atoms with van der Waals surface area (Å²) in [6.07, 6.45) is 4.44. The van der Waals surface area contributed by atoms with E-state index in [0.29, 0.717) is 11.5 Å². The summed E-state index contributed by atoms with van der Waals surface area (Å²) in [4.78, 5) is 16.5. The van der Waals surface area contributed by atoms with Crippen molar-refractivity contribution in [1.82, 2.24) is 20.1 Å². The van der Waals surface area contributed by atoms with Gasteiger partial charge < -0.3 is 5.32 Å². The summed E-state index contributed by atoms with van der Waals surface area (Å²) >= 11 is 1.88. The minimum Gasteiger partial charge on any atom is -0.348 e. The van der Waals surface area contributed by atoms with Crippen molar-refractivity contribution in [2.45, 2.75) is 26.3 Å². The van der Waals surface area contributed by atoms with E-state index in [1.165, 1.54) is 0 Å². The Morgan fingerprint density at radius 1 is 1.43 bits per heavy atom. The average molecular weight is 304 g/mol. The van der Waals surface area contributed by atoms with Crippen LogP contribution in [0.4, 0.5) is 0 Å². The predicted octanol–water partition coefficient (Wildman–Crippen LogP) is 2.53. The molecule has 2 rings (SSSR count). The topological polar surface area (TPSA) is 59.8 Å². The van der Waals surface area contributed by atoms with E-state index in [4.69, 9.17) is 0 Å². The molecule has 1 atom stereocenters. The first-order valence-corrected chi connectivity index (χ1v) is 8.22. The highest BCUT2D eigenvalue weighted by atomic mass is 32.2. The van der Waals surface area contributed by atoms with E-state index < -0.39 is 0 Å². The fourth-order valence-electron chi connectivity index (χ4n) is 1.86. The number of carbonyl (C=O) groups excluding carboxylic acids is 1. The first kappa shape index (κ1) is 15.6. The number of nitrogens with one attached hydrogen (secondary N) is 1. The lowest BCUT2D eigenvalue weighted by molar-refractivity contribution is 0.0934. The summed E-state index contributed by atoms with van der Waals surface area (Å²) in [5, 5.41) is 7.10. The van der Waals surface area contributed by atoms with E-state index >= 15 is 0 Å². The number of thioether (sulfide) groups is 1. The van der Waals surface area contributed by atoms with Crippen LogP contribution in [0.2, 0.25) is 0 Å². The summed E-state index contributed by atoms with van der Waals surface area (Å²) in [5.41, 5.74) is 0.415. The number of hydrogen-bond acceptors (Lipinski definition) is 4. The van der Waals surface area contributed by atoms with Crippen molar-refractivity contribution in [3.8, 4) is 5.82 Å². The van der Waals surface area contributed by atoms with Gasteiger partial charge in [0.15, 0.2) is 5.82 Å². The van der Waals surface area contributed by atoms with Crippen molar-refractivity contribution in [3.63, 3.8) is 0 Å². The van der Waals surface area contributed by atoms with E-state index in [-0.39, 0.29) is 11.9 Å². The Morgan fingerprint density at radius 3 is 3.00 bits per heavy atom. The molecule has 2 aromatic rings. The number of aromatic nitrogens is 3. The van der Waals surface area contributed by atoms with Crippen LogP contribution < -0.4 is 5.32 Å². The lowest BCUT2D eigenvalue weighted by atomic mass is 10.2. The maximum absolute atomic E-state index is 12.2. The second kappa shape index (κ2) is 7.83. The van der Waals surface area contributed by atoms with E-state index in [1.807, 2.05) is 36.9 Å². The molecule has 0 spiro atoms. The molecule has 0 bridgehead atoms. The quantitative estimate of drug-likeness (QED) is 0.799. The van der Waals surface area contributed by atoms with Crippen LogP contribution in [0.3, 0.4) is 0 Å². The van der Waals surface area contributed by atoms with Crippen LogP contribution >= 0.6 is 11.8 Å². The first-order chi connectivity index (χ1) is 10.2. The standard InChI is InChI=1S/C15H20N4OS/c1-3-21-11-8-12(2)17-15(20)13-6-4-7-14(18-13)19-10-5-9-16-19/h4-7,9-10,12H,3,8,11H2,1-2H3,(H,17,20)/t12-/m0/s1. The van der Waals surface area contributed by atoms with Gasteiger partial charge in [0.05, 0.1) is 0 Å². The molecular weight excluding hydrogens is 284 g/mol. The zero-order valence-electron chi connectivity index (χ0n) is 12.3. The minimum absolute atomic E-state index is 0.141. The van der Waals surface area contributed by atoms with Gasteiger partial charge in [-0.3, -0.25) is 4.79 Å². The van der Waals surface area contributed by atoms with Gasteiger partial charge in [0.2, 0.25) is 0 Å². The van der Waals surface area contributed by atoms with Crippen molar-refractivity contribution in [3.05, 3.63) is 42.4 Å². The summed E-state index contributed by atoms with van der Waals surface area (Å²) in [6.45, 7) is 4.16. The van der Waals surface area contributed by atoms with Crippen LogP contribution in [0.5, 0.6) is 0 Å². The number of pyridine rings is 1. The highest BCUT2D eigenvalue weighted by Crippen LogP contribution is 2.07. The predicted molar refractivity (Wildman–Crippen MR) is 85.9 cm³/mol. The van der Waals surface area contributed by atoms with Crippen LogP contribution in [0.15, 0.2) is 36.7 Å². The van der Waals surface area contributed by atoms with Gasteiger partial charge in [-0.15, -0.1) is 0 Å². The number of nitrogens with zero attached hydrogens (tertiary/aromatic N) is 3. The van der Waals surface area contributed by atoms with Gasteiger partial charge in [-0.2, -0.15) is 16.9 Å². The Bertz CT molecular complexity index is 571. The molecule has 0 saturated carbocycles. The van der Waals surface area contributed by atoms with Crippen molar-refractivity contribution in [2.75, 3.05) is 11.5 Å². The Labute approximate surface area is 129 Å². The molecule has 1 amide bonds. The van der Waals surface area contributed by atoms with E-state index in [2.05, 4.69) is 22.3 Å². The molecule has 1 N–H and O–H groups in total. The highest BCUT2D eigenvalue weighted by molar-refractivity contribution is 7.99. The van der Waals surface area contributed by atoms with Crippen molar-refractivity contribution in [1.29, 1.82) is 0 Å². The molecule has 0 aromatic carbocycles. The number of hydrogen-bond donors (Lipinski definition) is 1. The summed E-state index contributed by atoms with van der Waals surface area (Å²) < 4.78 is 1.64. The maximum Gasteiger partial charge on any atom is 0.270 e. The normalized spacial score (nSPS) is 12.1. The van der Waals surface area contributed by atoms with Crippen molar-refractivity contribution >= 4 is 17.7 Å². The summed E-state index contributed by atoms with van der Waals surface area (Å²) in [6, 6.07) is 7.33. The molecule has 0 radical (unpaired) electrons. The van der Waals surface area contributed by atoms with Gasteiger partial charge >= 0.3 is 0 Å². The Kier molecular flexibility index (Phi) is 5.80. The fraction of sp³-hybridized carbons (Fsp3) is 0.400. The van der Waals surface area contributed by atoms with Gasteiger partial charge in [-0.25, -0.2) is 9.67 Å². The lowest BCUT2D eigenvalue weighted by Crippen LogP contribution is -2.33. The Balaban J connectivity index is 1.98. The van der Waals surface area contributed by atoms with Gasteiger partial charge in [0.1, 0.15) is 5.69 Å². The monoisotopic (exact) mass is 304 g/mol. The SMILES string of the molecule is CCSCC[C@H](C)NC(=O)c1cccc(-n2cccn2)n1. The van der Waals surface area contributed by atoms with Crippen LogP contribution in [0.1, 0.15) is 30.8 Å². The van der Waals surface area contributed by atoms with Crippen molar-refractivity contribution in [2.24, 2.45) is 0 Å². The molecule has 0 unspecified atom stereocenters. The Hall–Kier alpha value is -1.82. The van der Waals surface area contributed by atoms with Crippen LogP contribution in [0.25, 0.3) is 5.82 Å².